The molecule has 1 atom stereocenters. The molecule has 2 fully saturated rings. The van der Waals surface area contributed by atoms with Crippen LogP contribution < -0.4 is 15.2 Å². The Morgan fingerprint density at radius 1 is 1.45 bits per heavy atom. The second kappa shape index (κ2) is 4.97. The Morgan fingerprint density at radius 3 is 3.14 bits per heavy atom. The fraction of sp³-hybridized carbons (Fsp3) is 0.562. The molecular weight excluding hydrogens is 278 g/mol. The topological polar surface area (TPSA) is 73.7 Å². The summed E-state index contributed by atoms with van der Waals surface area (Å²) >= 11 is 0. The van der Waals surface area contributed by atoms with Crippen molar-refractivity contribution in [1.29, 1.82) is 0 Å². The summed E-state index contributed by atoms with van der Waals surface area (Å²) in [6.45, 7) is 0. The number of hydrogen-bond acceptors (Lipinski definition) is 2. The highest BCUT2D eigenvalue weighted by molar-refractivity contribution is 5.88. The van der Waals surface area contributed by atoms with Gasteiger partial charge in [0.2, 0.25) is 0 Å². The molecule has 2 saturated carbocycles. The maximum Gasteiger partial charge on any atom is 0.320 e. The molecule has 0 bridgehead atoms. The number of fused-ring (bicyclic) bond motifs is 1. The Balaban J connectivity index is 1.42. The van der Waals surface area contributed by atoms with Crippen LogP contribution in [0.5, 0.6) is 0 Å². The van der Waals surface area contributed by atoms with Gasteiger partial charge in [-0.1, -0.05) is 6.42 Å². The first-order valence-electron chi connectivity index (χ1n) is 8.05. The highest BCUT2D eigenvalue weighted by atomic mass is 16.2. The zero-order valence-electron chi connectivity index (χ0n) is 12.9. The molecule has 6 nitrogen and oxygen atoms in total. The van der Waals surface area contributed by atoms with Crippen molar-refractivity contribution in [3.8, 4) is 0 Å². The molecule has 1 unspecified atom stereocenters. The number of aryl methyl sites for hydroxylation is 1. The van der Waals surface area contributed by atoms with E-state index in [0.29, 0.717) is 17.3 Å². The minimum Gasteiger partial charge on any atom is -0.335 e. The normalized spacial score (nSPS) is 22.7. The molecule has 2 heterocycles. The SMILES string of the molecule is C[n+]1cc(NC(=O)NC2CCCC3(CC3)C2)nc2cc[nH]c21. The van der Waals surface area contributed by atoms with Crippen LogP contribution in [-0.4, -0.2) is 22.0 Å². The molecule has 0 radical (unpaired) electrons. The summed E-state index contributed by atoms with van der Waals surface area (Å²) in [5.74, 6) is 0.573. The van der Waals surface area contributed by atoms with E-state index < -0.39 is 0 Å². The van der Waals surface area contributed by atoms with Crippen molar-refractivity contribution < 1.29 is 9.36 Å². The van der Waals surface area contributed by atoms with Crippen molar-refractivity contribution >= 4 is 23.0 Å². The fourth-order valence-electron chi connectivity index (χ4n) is 3.73. The maximum absolute atomic E-state index is 12.2. The number of hydrogen-bond donors (Lipinski definition) is 3. The number of H-pyrrole nitrogens is 1. The van der Waals surface area contributed by atoms with Gasteiger partial charge >= 0.3 is 11.7 Å². The predicted octanol–water partition coefficient (Wildman–Crippen LogP) is 2.23. The number of anilines is 1. The lowest BCUT2D eigenvalue weighted by molar-refractivity contribution is -0.646. The number of amides is 2. The minimum atomic E-state index is -0.148. The number of nitrogens with one attached hydrogen (secondary N) is 3. The van der Waals surface area contributed by atoms with Gasteiger partial charge in [-0.25, -0.2) is 19.3 Å². The Morgan fingerprint density at radius 2 is 2.32 bits per heavy atom. The van der Waals surface area contributed by atoms with Gasteiger partial charge < -0.3 is 5.32 Å². The molecule has 0 aromatic carbocycles. The van der Waals surface area contributed by atoms with Crippen LogP contribution in [0.1, 0.15) is 38.5 Å². The number of aromatic nitrogens is 3. The molecule has 2 aliphatic carbocycles. The van der Waals surface area contributed by atoms with Gasteiger partial charge in [-0.15, -0.1) is 0 Å². The maximum atomic E-state index is 12.2. The third-order valence-electron chi connectivity index (χ3n) is 5.09. The second-order valence-corrected chi connectivity index (χ2v) is 6.84. The van der Waals surface area contributed by atoms with Gasteiger partial charge in [0, 0.05) is 12.1 Å². The summed E-state index contributed by atoms with van der Waals surface area (Å²) in [6, 6.07) is 2.06. The Hall–Kier alpha value is -2.11. The Bertz CT molecular complexity index is 718. The molecule has 4 rings (SSSR count). The van der Waals surface area contributed by atoms with Crippen molar-refractivity contribution in [3.05, 3.63) is 18.5 Å². The summed E-state index contributed by atoms with van der Waals surface area (Å²) in [5, 5.41) is 5.98. The van der Waals surface area contributed by atoms with Gasteiger partial charge in [0.05, 0.1) is 13.2 Å². The van der Waals surface area contributed by atoms with Crippen molar-refractivity contribution in [2.45, 2.75) is 44.6 Å². The number of carbonyl (C=O) groups is 1. The van der Waals surface area contributed by atoms with E-state index in [-0.39, 0.29) is 6.03 Å². The van der Waals surface area contributed by atoms with Crippen LogP contribution in [0.2, 0.25) is 0 Å². The van der Waals surface area contributed by atoms with Crippen molar-refractivity contribution in [3.63, 3.8) is 0 Å². The van der Waals surface area contributed by atoms with Crippen molar-refractivity contribution in [2.24, 2.45) is 12.5 Å². The molecule has 1 spiro atoms. The molecule has 3 N–H and O–H groups in total. The van der Waals surface area contributed by atoms with Gasteiger partial charge in [0.1, 0.15) is 6.20 Å². The van der Waals surface area contributed by atoms with Crippen LogP contribution in [0.4, 0.5) is 10.6 Å². The van der Waals surface area contributed by atoms with Gasteiger partial charge in [-0.3, -0.25) is 5.32 Å². The number of urea groups is 1. The van der Waals surface area contributed by atoms with E-state index in [1.165, 1.54) is 25.7 Å². The highest BCUT2D eigenvalue weighted by Crippen LogP contribution is 2.56. The lowest BCUT2D eigenvalue weighted by Gasteiger charge is -2.29. The van der Waals surface area contributed by atoms with E-state index in [1.807, 2.05) is 30.1 Å². The predicted molar refractivity (Wildman–Crippen MR) is 83.3 cm³/mol. The quantitative estimate of drug-likeness (QED) is 0.744. The van der Waals surface area contributed by atoms with Crippen LogP contribution in [-0.2, 0) is 7.05 Å². The molecule has 2 aliphatic rings. The van der Waals surface area contributed by atoms with Crippen LogP contribution in [0.3, 0.4) is 0 Å². The fourth-order valence-corrected chi connectivity index (χ4v) is 3.73. The van der Waals surface area contributed by atoms with Gasteiger partial charge in [0.25, 0.3) is 0 Å². The van der Waals surface area contributed by atoms with Crippen LogP contribution in [0.25, 0.3) is 11.2 Å². The highest BCUT2D eigenvalue weighted by Gasteiger charge is 2.45. The standard InChI is InChI=1S/C16H21N5O/c1-21-10-13(19-12-4-8-17-14(12)21)20-15(22)18-11-3-2-5-16(9-11)6-7-16/h4,8,10-11H,2-3,5-7,9H2,1H3,(H2,18,20,22)/p+1. The summed E-state index contributed by atoms with van der Waals surface area (Å²) in [6.07, 6.45) is 11.1. The molecule has 0 aliphatic heterocycles. The number of nitrogens with zero attached hydrogens (tertiary/aromatic N) is 2. The first kappa shape index (κ1) is 13.5. The number of carbonyl (C=O) groups excluding carboxylic acids is 1. The van der Waals surface area contributed by atoms with E-state index in [1.54, 1.807) is 0 Å². The smallest absolute Gasteiger partial charge is 0.320 e. The van der Waals surface area contributed by atoms with Gasteiger partial charge in [-0.05, 0) is 37.5 Å². The summed E-state index contributed by atoms with van der Waals surface area (Å²) in [5.41, 5.74) is 2.34. The van der Waals surface area contributed by atoms with E-state index in [2.05, 4.69) is 20.6 Å². The van der Waals surface area contributed by atoms with Gasteiger partial charge in [-0.2, -0.15) is 0 Å². The van der Waals surface area contributed by atoms with E-state index >= 15 is 0 Å². The summed E-state index contributed by atoms with van der Waals surface area (Å²) < 4.78 is 1.93. The molecule has 22 heavy (non-hydrogen) atoms. The van der Waals surface area contributed by atoms with Crippen LogP contribution in [0, 0.1) is 5.41 Å². The molecule has 2 amide bonds. The van der Waals surface area contributed by atoms with Crippen molar-refractivity contribution in [2.75, 3.05) is 5.32 Å². The molecule has 2 aromatic rings. The first-order chi connectivity index (χ1) is 10.6. The lowest BCUT2D eigenvalue weighted by atomic mass is 9.83. The van der Waals surface area contributed by atoms with Gasteiger partial charge in [0.15, 0.2) is 11.3 Å². The number of aromatic amines is 1. The lowest BCUT2D eigenvalue weighted by Crippen LogP contribution is -2.41. The second-order valence-electron chi connectivity index (χ2n) is 6.84. The zero-order chi connectivity index (χ0) is 15.2. The third kappa shape index (κ3) is 2.53. The van der Waals surface area contributed by atoms with E-state index in [4.69, 9.17) is 0 Å². The third-order valence-corrected chi connectivity index (χ3v) is 5.09. The molecule has 2 aromatic heterocycles. The molecular formula is C16H22N5O+. The molecule has 116 valence electrons. The van der Waals surface area contributed by atoms with Crippen LogP contribution in [0.15, 0.2) is 18.5 Å². The Kier molecular flexibility index (Phi) is 3.06. The van der Waals surface area contributed by atoms with Crippen LogP contribution >= 0.6 is 0 Å². The monoisotopic (exact) mass is 300 g/mol. The average molecular weight is 300 g/mol. The van der Waals surface area contributed by atoms with E-state index in [9.17, 15) is 4.79 Å². The zero-order valence-corrected chi connectivity index (χ0v) is 12.9. The van der Waals surface area contributed by atoms with Crippen molar-refractivity contribution in [1.82, 2.24) is 15.3 Å². The summed E-state index contributed by atoms with van der Waals surface area (Å²) in [4.78, 5) is 19.8. The first-order valence-corrected chi connectivity index (χ1v) is 8.05. The summed E-state index contributed by atoms with van der Waals surface area (Å²) in [7, 11) is 1.93. The number of rotatable bonds is 2. The minimum absolute atomic E-state index is 0.148. The Labute approximate surface area is 129 Å². The average Bonchev–Trinajstić information content (AvgIpc) is 3.02. The molecule has 6 heteroatoms. The van der Waals surface area contributed by atoms with E-state index in [0.717, 1.165) is 24.0 Å². The molecule has 0 saturated heterocycles. The largest absolute Gasteiger partial charge is 0.335 e.